The maximum absolute atomic E-state index is 10.9. The number of aromatic hydroxyl groups is 1. The molecule has 2 fully saturated rings. The van der Waals surface area contributed by atoms with Crippen LogP contribution in [0, 0.1) is 10.1 Å². The van der Waals surface area contributed by atoms with Gasteiger partial charge >= 0.3 is 0 Å². The molecule has 1 aromatic carbocycles. The molecular formula is C18H22N8O3. The van der Waals surface area contributed by atoms with Crippen molar-refractivity contribution in [3.05, 3.63) is 33.9 Å². The van der Waals surface area contributed by atoms with Crippen LogP contribution in [0.15, 0.2) is 23.3 Å². The molecule has 2 saturated heterocycles. The first-order chi connectivity index (χ1) is 14.1. The third-order valence-corrected chi connectivity index (χ3v) is 4.98. The number of hydrazone groups is 1. The van der Waals surface area contributed by atoms with Gasteiger partial charge in [-0.15, -0.1) is 0 Å². The van der Waals surface area contributed by atoms with Crippen molar-refractivity contribution in [2.75, 3.05) is 41.4 Å². The maximum atomic E-state index is 10.9. The fraction of sp³-hybridized carbons (Fsp3) is 0.444. The Morgan fingerprint density at radius 2 is 1.62 bits per heavy atom. The van der Waals surface area contributed by atoms with Crippen LogP contribution < -0.4 is 15.2 Å². The topological polar surface area (TPSA) is 133 Å². The van der Waals surface area contributed by atoms with E-state index >= 15 is 0 Å². The molecule has 0 bridgehead atoms. The minimum Gasteiger partial charge on any atom is -0.507 e. The Balaban J connectivity index is 1.56. The van der Waals surface area contributed by atoms with Gasteiger partial charge in [0.25, 0.3) is 5.69 Å². The van der Waals surface area contributed by atoms with Gasteiger partial charge in [-0.1, -0.05) is 0 Å². The van der Waals surface area contributed by atoms with Gasteiger partial charge in [-0.05, 0) is 31.7 Å². The zero-order valence-electron chi connectivity index (χ0n) is 15.9. The molecule has 0 radical (unpaired) electrons. The molecule has 11 heteroatoms. The summed E-state index contributed by atoms with van der Waals surface area (Å²) in [5.41, 5.74) is 2.86. The van der Waals surface area contributed by atoms with Gasteiger partial charge < -0.3 is 14.9 Å². The first-order valence-electron chi connectivity index (χ1n) is 9.62. The summed E-state index contributed by atoms with van der Waals surface area (Å²) in [4.78, 5) is 28.2. The largest absolute Gasteiger partial charge is 0.507 e. The second-order valence-electron chi connectivity index (χ2n) is 7.02. The van der Waals surface area contributed by atoms with E-state index in [2.05, 4.69) is 35.3 Å². The number of phenolic OH excluding ortho intramolecular Hbond substituents is 1. The second kappa shape index (κ2) is 8.25. The van der Waals surface area contributed by atoms with E-state index in [0.717, 1.165) is 51.9 Å². The summed E-state index contributed by atoms with van der Waals surface area (Å²) in [5.74, 6) is 1.43. The highest BCUT2D eigenvalue weighted by Gasteiger charge is 2.21. The predicted octanol–water partition coefficient (Wildman–Crippen LogP) is 2.13. The van der Waals surface area contributed by atoms with Crippen molar-refractivity contribution in [3.63, 3.8) is 0 Å². The molecule has 0 saturated carbocycles. The van der Waals surface area contributed by atoms with Crippen molar-refractivity contribution in [1.82, 2.24) is 15.0 Å². The van der Waals surface area contributed by atoms with E-state index in [0.29, 0.717) is 17.8 Å². The third kappa shape index (κ3) is 4.33. The molecule has 0 atom stereocenters. The fourth-order valence-corrected chi connectivity index (χ4v) is 3.44. The highest BCUT2D eigenvalue weighted by Crippen LogP contribution is 2.23. The van der Waals surface area contributed by atoms with E-state index in [-0.39, 0.29) is 17.0 Å². The Bertz CT molecular complexity index is 889. The Kier molecular flexibility index (Phi) is 5.36. The lowest BCUT2D eigenvalue weighted by molar-refractivity contribution is -0.384. The molecule has 1 aromatic heterocycles. The van der Waals surface area contributed by atoms with E-state index < -0.39 is 4.92 Å². The number of phenols is 1. The van der Waals surface area contributed by atoms with Crippen molar-refractivity contribution in [2.24, 2.45) is 5.10 Å². The molecule has 0 aliphatic carbocycles. The van der Waals surface area contributed by atoms with E-state index in [9.17, 15) is 15.2 Å². The lowest BCUT2D eigenvalue weighted by Gasteiger charge is -2.20. The maximum Gasteiger partial charge on any atom is 0.270 e. The summed E-state index contributed by atoms with van der Waals surface area (Å²) in [6.07, 6.45) is 5.74. The SMILES string of the molecule is O=[N+]([O-])c1ccc(O)c(/C=N/Nc2nc(N3CCCC3)nc(N3CCCC3)n2)c1. The number of non-ortho nitro benzene ring substituents is 1. The van der Waals surface area contributed by atoms with Crippen LogP contribution in [-0.2, 0) is 0 Å². The van der Waals surface area contributed by atoms with Crippen LogP contribution in [0.3, 0.4) is 0 Å². The van der Waals surface area contributed by atoms with Crippen LogP contribution in [0.25, 0.3) is 0 Å². The van der Waals surface area contributed by atoms with Crippen LogP contribution in [0.4, 0.5) is 23.5 Å². The molecule has 152 valence electrons. The number of hydrogen-bond acceptors (Lipinski definition) is 10. The predicted molar refractivity (Wildman–Crippen MR) is 109 cm³/mol. The second-order valence-corrected chi connectivity index (χ2v) is 7.02. The number of benzene rings is 1. The lowest BCUT2D eigenvalue weighted by Crippen LogP contribution is -2.25. The third-order valence-electron chi connectivity index (χ3n) is 4.98. The average molecular weight is 398 g/mol. The Morgan fingerprint density at radius 3 is 2.17 bits per heavy atom. The monoisotopic (exact) mass is 398 g/mol. The summed E-state index contributed by atoms with van der Waals surface area (Å²) in [6.45, 7) is 3.64. The first-order valence-corrected chi connectivity index (χ1v) is 9.62. The van der Waals surface area contributed by atoms with Crippen molar-refractivity contribution in [1.29, 1.82) is 0 Å². The molecule has 2 aliphatic rings. The summed E-state index contributed by atoms with van der Waals surface area (Å²) in [5, 5.41) is 24.9. The van der Waals surface area contributed by atoms with Crippen molar-refractivity contribution < 1.29 is 10.0 Å². The number of aromatic nitrogens is 3. The number of nitrogens with one attached hydrogen (secondary N) is 1. The highest BCUT2D eigenvalue weighted by molar-refractivity contribution is 5.84. The summed E-state index contributed by atoms with van der Waals surface area (Å²) < 4.78 is 0. The van der Waals surface area contributed by atoms with Gasteiger partial charge in [0, 0.05) is 43.9 Å². The van der Waals surface area contributed by atoms with Crippen molar-refractivity contribution in [2.45, 2.75) is 25.7 Å². The van der Waals surface area contributed by atoms with Crippen LogP contribution in [-0.4, -0.2) is 57.4 Å². The number of nitrogens with zero attached hydrogens (tertiary/aromatic N) is 7. The zero-order chi connectivity index (χ0) is 20.2. The summed E-state index contributed by atoms with van der Waals surface area (Å²) in [6, 6.07) is 3.75. The first kappa shape index (κ1) is 18.8. The van der Waals surface area contributed by atoms with Gasteiger partial charge in [0.2, 0.25) is 17.8 Å². The zero-order valence-corrected chi connectivity index (χ0v) is 15.9. The van der Waals surface area contributed by atoms with Gasteiger partial charge in [-0.2, -0.15) is 20.1 Å². The number of hydrogen-bond donors (Lipinski definition) is 2. The molecule has 2 aromatic rings. The van der Waals surface area contributed by atoms with Crippen molar-refractivity contribution >= 4 is 29.7 Å². The molecule has 2 N–H and O–H groups in total. The number of anilines is 3. The highest BCUT2D eigenvalue weighted by atomic mass is 16.6. The molecule has 0 amide bonds. The molecular weight excluding hydrogens is 376 g/mol. The minimum atomic E-state index is -0.527. The van der Waals surface area contributed by atoms with Crippen LogP contribution in [0.5, 0.6) is 5.75 Å². The van der Waals surface area contributed by atoms with E-state index in [1.54, 1.807) is 0 Å². The number of nitro groups is 1. The number of rotatable bonds is 6. The molecule has 29 heavy (non-hydrogen) atoms. The van der Waals surface area contributed by atoms with Gasteiger partial charge in [0.15, 0.2) is 0 Å². The van der Waals surface area contributed by atoms with E-state index in [1.807, 2.05) is 0 Å². The lowest BCUT2D eigenvalue weighted by atomic mass is 10.2. The standard InChI is InChI=1S/C18H22N8O3/c27-15-6-5-14(26(28)29)11-13(15)12-19-23-16-20-17(24-7-1-2-8-24)22-18(21-16)25-9-3-4-10-25/h5-6,11-12,27H,1-4,7-10H2,(H,20,21,22,23)/b19-12+. The molecule has 0 spiro atoms. The van der Waals surface area contributed by atoms with E-state index in [4.69, 9.17) is 0 Å². The summed E-state index contributed by atoms with van der Waals surface area (Å²) in [7, 11) is 0. The van der Waals surface area contributed by atoms with Gasteiger partial charge in [0.05, 0.1) is 11.1 Å². The van der Waals surface area contributed by atoms with Crippen LogP contribution in [0.1, 0.15) is 31.2 Å². The Labute approximate surface area is 167 Å². The van der Waals surface area contributed by atoms with Crippen LogP contribution >= 0.6 is 0 Å². The van der Waals surface area contributed by atoms with Gasteiger partial charge in [-0.25, -0.2) is 5.43 Å². The average Bonchev–Trinajstić information content (AvgIpc) is 3.43. The fourth-order valence-electron chi connectivity index (χ4n) is 3.44. The molecule has 2 aliphatic heterocycles. The van der Waals surface area contributed by atoms with Crippen molar-refractivity contribution in [3.8, 4) is 5.75 Å². The molecule has 0 unspecified atom stereocenters. The summed E-state index contributed by atoms with van der Waals surface area (Å²) >= 11 is 0. The number of nitro benzene ring substituents is 1. The Morgan fingerprint density at radius 1 is 1.03 bits per heavy atom. The molecule has 3 heterocycles. The van der Waals surface area contributed by atoms with Gasteiger partial charge in [0.1, 0.15) is 5.75 Å². The minimum absolute atomic E-state index is 0.104. The molecule has 11 nitrogen and oxygen atoms in total. The normalized spacial score (nSPS) is 16.7. The quantitative estimate of drug-likeness (QED) is 0.426. The van der Waals surface area contributed by atoms with Gasteiger partial charge in [-0.3, -0.25) is 10.1 Å². The van der Waals surface area contributed by atoms with Crippen LogP contribution in [0.2, 0.25) is 0 Å². The Hall–Kier alpha value is -3.50. The smallest absolute Gasteiger partial charge is 0.270 e. The molecule has 4 rings (SSSR count). The van der Waals surface area contributed by atoms with E-state index in [1.165, 1.54) is 24.4 Å².